The van der Waals surface area contributed by atoms with Crippen molar-refractivity contribution in [2.24, 2.45) is 4.99 Å². The van der Waals surface area contributed by atoms with Crippen LogP contribution in [0.5, 0.6) is 0 Å². The molecule has 2 aromatic rings. The standard InChI is InChI=1S/C20H26N4O3.HI/c1-21-20(22-10-6-11-26-15-18-9-5-12-27-18)23-16-13-19(25)24(14-16)17-7-3-2-4-8-17;/h2-5,7-9,12,16H,6,10-11,13-15H2,1H3,(H2,21,22,23);1H. The summed E-state index contributed by atoms with van der Waals surface area (Å²) < 4.78 is 10.8. The molecule has 0 aliphatic carbocycles. The minimum atomic E-state index is 0. The molecular weight excluding hydrogens is 471 g/mol. The van der Waals surface area contributed by atoms with Crippen LogP contribution in [0, 0.1) is 0 Å². The number of furan rings is 1. The molecule has 1 aliphatic heterocycles. The monoisotopic (exact) mass is 498 g/mol. The second-order valence-electron chi connectivity index (χ2n) is 6.37. The number of halogens is 1. The van der Waals surface area contributed by atoms with Gasteiger partial charge in [0.1, 0.15) is 12.4 Å². The van der Waals surface area contributed by atoms with E-state index in [0.717, 1.165) is 24.4 Å². The molecule has 1 aromatic heterocycles. The van der Waals surface area contributed by atoms with Crippen LogP contribution in [0.4, 0.5) is 5.69 Å². The second-order valence-corrected chi connectivity index (χ2v) is 6.37. The highest BCUT2D eigenvalue weighted by Crippen LogP contribution is 2.20. The van der Waals surface area contributed by atoms with Gasteiger partial charge in [-0.3, -0.25) is 9.79 Å². The van der Waals surface area contributed by atoms with Gasteiger partial charge in [0.15, 0.2) is 5.96 Å². The maximum absolute atomic E-state index is 12.3. The van der Waals surface area contributed by atoms with E-state index in [1.165, 1.54) is 0 Å². The Labute approximate surface area is 182 Å². The fourth-order valence-corrected chi connectivity index (χ4v) is 3.00. The molecule has 8 heteroatoms. The number of hydrogen-bond donors (Lipinski definition) is 2. The Kier molecular flexibility index (Phi) is 9.29. The van der Waals surface area contributed by atoms with Crippen LogP contribution in [0.2, 0.25) is 0 Å². The van der Waals surface area contributed by atoms with Crippen molar-refractivity contribution in [3.05, 3.63) is 54.5 Å². The van der Waals surface area contributed by atoms with E-state index in [9.17, 15) is 4.79 Å². The van der Waals surface area contributed by atoms with Crippen LogP contribution in [0.25, 0.3) is 0 Å². The molecule has 3 rings (SSSR count). The summed E-state index contributed by atoms with van der Waals surface area (Å²) >= 11 is 0. The van der Waals surface area contributed by atoms with Gasteiger partial charge in [0.2, 0.25) is 5.91 Å². The first kappa shape index (κ1) is 22.2. The Morgan fingerprint density at radius 3 is 2.82 bits per heavy atom. The number of aliphatic imine (C=N–C) groups is 1. The van der Waals surface area contributed by atoms with Gasteiger partial charge in [0.25, 0.3) is 0 Å². The van der Waals surface area contributed by atoms with E-state index in [-0.39, 0.29) is 35.9 Å². The van der Waals surface area contributed by atoms with Gasteiger partial charge in [-0.25, -0.2) is 0 Å². The molecule has 28 heavy (non-hydrogen) atoms. The summed E-state index contributed by atoms with van der Waals surface area (Å²) in [6.07, 6.45) is 2.95. The predicted octanol–water partition coefficient (Wildman–Crippen LogP) is 2.77. The lowest BCUT2D eigenvalue weighted by Crippen LogP contribution is -2.45. The summed E-state index contributed by atoms with van der Waals surface area (Å²) in [5, 5.41) is 6.59. The quantitative estimate of drug-likeness (QED) is 0.253. The number of rotatable bonds is 8. The van der Waals surface area contributed by atoms with E-state index in [2.05, 4.69) is 15.6 Å². The largest absolute Gasteiger partial charge is 0.467 e. The molecule has 1 amide bonds. The van der Waals surface area contributed by atoms with Gasteiger partial charge in [-0.1, -0.05) is 18.2 Å². The molecule has 1 aromatic carbocycles. The summed E-state index contributed by atoms with van der Waals surface area (Å²) in [4.78, 5) is 18.3. The average Bonchev–Trinajstić information content (AvgIpc) is 3.33. The van der Waals surface area contributed by atoms with Crippen molar-refractivity contribution in [3.63, 3.8) is 0 Å². The summed E-state index contributed by atoms with van der Waals surface area (Å²) in [6, 6.07) is 13.5. The van der Waals surface area contributed by atoms with Gasteiger partial charge in [-0.2, -0.15) is 0 Å². The van der Waals surface area contributed by atoms with Crippen molar-refractivity contribution in [1.82, 2.24) is 10.6 Å². The average molecular weight is 498 g/mol. The van der Waals surface area contributed by atoms with Crippen LogP contribution in [-0.2, 0) is 16.1 Å². The van der Waals surface area contributed by atoms with Gasteiger partial charge in [-0.15, -0.1) is 24.0 Å². The molecule has 0 saturated carbocycles. The Morgan fingerprint density at radius 2 is 2.11 bits per heavy atom. The number of benzene rings is 1. The first-order valence-electron chi connectivity index (χ1n) is 9.19. The van der Waals surface area contributed by atoms with Crippen molar-refractivity contribution in [3.8, 4) is 0 Å². The van der Waals surface area contributed by atoms with E-state index >= 15 is 0 Å². The molecule has 7 nitrogen and oxygen atoms in total. The minimum Gasteiger partial charge on any atom is -0.467 e. The van der Waals surface area contributed by atoms with Gasteiger partial charge >= 0.3 is 0 Å². The SMILES string of the molecule is CN=C(NCCCOCc1ccco1)NC1CC(=O)N(c2ccccc2)C1.I. The summed E-state index contributed by atoms with van der Waals surface area (Å²) in [5.41, 5.74) is 0.934. The highest BCUT2D eigenvalue weighted by atomic mass is 127. The third-order valence-electron chi connectivity index (χ3n) is 4.34. The van der Waals surface area contributed by atoms with Gasteiger partial charge in [0, 0.05) is 38.9 Å². The first-order valence-corrected chi connectivity index (χ1v) is 9.19. The summed E-state index contributed by atoms with van der Waals surface area (Å²) in [5.74, 6) is 1.66. The number of carbonyl (C=O) groups is 1. The van der Waals surface area contributed by atoms with Gasteiger partial charge in [0.05, 0.1) is 12.3 Å². The number of anilines is 1. The van der Waals surface area contributed by atoms with E-state index in [0.29, 0.717) is 32.1 Å². The molecule has 2 heterocycles. The maximum atomic E-state index is 12.3. The lowest BCUT2D eigenvalue weighted by atomic mass is 10.2. The van der Waals surface area contributed by atoms with Crippen LogP contribution < -0.4 is 15.5 Å². The van der Waals surface area contributed by atoms with Crippen LogP contribution >= 0.6 is 24.0 Å². The maximum Gasteiger partial charge on any atom is 0.229 e. The van der Waals surface area contributed by atoms with E-state index in [4.69, 9.17) is 9.15 Å². The molecule has 1 saturated heterocycles. The molecule has 152 valence electrons. The first-order chi connectivity index (χ1) is 13.3. The van der Waals surface area contributed by atoms with Crippen LogP contribution in [-0.4, -0.2) is 44.7 Å². The molecule has 1 aliphatic rings. The molecule has 0 radical (unpaired) electrons. The lowest BCUT2D eigenvalue weighted by Gasteiger charge is -2.19. The van der Waals surface area contributed by atoms with Gasteiger partial charge in [-0.05, 0) is 30.7 Å². The number of nitrogens with one attached hydrogen (secondary N) is 2. The number of para-hydroxylation sites is 1. The fraction of sp³-hybridized carbons (Fsp3) is 0.400. The number of hydrogen-bond acceptors (Lipinski definition) is 4. The molecule has 0 bridgehead atoms. The second kappa shape index (κ2) is 11.7. The fourth-order valence-electron chi connectivity index (χ4n) is 3.00. The van der Waals surface area contributed by atoms with Crippen molar-refractivity contribution >= 4 is 41.5 Å². The van der Waals surface area contributed by atoms with Crippen molar-refractivity contribution in [2.45, 2.75) is 25.5 Å². The molecule has 0 spiro atoms. The number of ether oxygens (including phenoxy) is 1. The molecular formula is C20H27IN4O3. The zero-order valence-electron chi connectivity index (χ0n) is 16.0. The molecule has 1 unspecified atom stereocenters. The van der Waals surface area contributed by atoms with E-state index in [1.807, 2.05) is 47.4 Å². The van der Waals surface area contributed by atoms with Crippen LogP contribution in [0.3, 0.4) is 0 Å². The minimum absolute atomic E-state index is 0. The third-order valence-corrected chi connectivity index (χ3v) is 4.34. The van der Waals surface area contributed by atoms with Gasteiger partial charge < -0.3 is 24.7 Å². The molecule has 1 fully saturated rings. The zero-order valence-corrected chi connectivity index (χ0v) is 18.3. The van der Waals surface area contributed by atoms with Crippen LogP contribution in [0.15, 0.2) is 58.1 Å². The third kappa shape index (κ3) is 6.52. The molecule has 2 N–H and O–H groups in total. The summed E-state index contributed by atoms with van der Waals surface area (Å²) in [7, 11) is 1.73. The Morgan fingerprint density at radius 1 is 1.29 bits per heavy atom. The zero-order chi connectivity index (χ0) is 18.9. The van der Waals surface area contributed by atoms with Crippen molar-refractivity contribution in [2.75, 3.05) is 31.6 Å². The van der Waals surface area contributed by atoms with Crippen molar-refractivity contribution in [1.29, 1.82) is 0 Å². The van der Waals surface area contributed by atoms with Crippen LogP contribution in [0.1, 0.15) is 18.6 Å². The number of guanidine groups is 1. The number of carbonyl (C=O) groups excluding carboxylic acids is 1. The topological polar surface area (TPSA) is 79.1 Å². The highest BCUT2D eigenvalue weighted by Gasteiger charge is 2.30. The predicted molar refractivity (Wildman–Crippen MR) is 120 cm³/mol. The number of amides is 1. The molecule has 1 atom stereocenters. The Hall–Kier alpha value is -2.07. The highest BCUT2D eigenvalue weighted by molar-refractivity contribution is 14.0. The lowest BCUT2D eigenvalue weighted by molar-refractivity contribution is -0.117. The summed E-state index contributed by atoms with van der Waals surface area (Å²) in [6.45, 7) is 2.49. The van der Waals surface area contributed by atoms with Crippen molar-refractivity contribution < 1.29 is 13.9 Å². The van der Waals surface area contributed by atoms with E-state index in [1.54, 1.807) is 13.3 Å². The van der Waals surface area contributed by atoms with E-state index < -0.39 is 0 Å². The smallest absolute Gasteiger partial charge is 0.229 e. The normalized spacial score (nSPS) is 16.8. The Bertz CT molecular complexity index is 737. The number of nitrogens with zero attached hydrogens (tertiary/aromatic N) is 2. The Balaban J connectivity index is 0.00000280.